The summed E-state index contributed by atoms with van der Waals surface area (Å²) in [6.45, 7) is 4.79. The van der Waals surface area contributed by atoms with E-state index in [2.05, 4.69) is 5.32 Å². The Kier molecular flexibility index (Phi) is 4.12. The normalized spacial score (nSPS) is 10.7. The zero-order valence-electron chi connectivity index (χ0n) is 8.75. The van der Waals surface area contributed by atoms with E-state index in [-0.39, 0.29) is 10.6 Å². The lowest BCUT2D eigenvalue weighted by molar-refractivity contribution is 0.0697. The van der Waals surface area contributed by atoms with Crippen LogP contribution in [0, 0.1) is 0 Å². The van der Waals surface area contributed by atoms with Gasteiger partial charge >= 0.3 is 5.97 Å². The van der Waals surface area contributed by atoms with Gasteiger partial charge in [-0.25, -0.2) is 4.79 Å². The number of aromatic carboxylic acids is 1. The van der Waals surface area contributed by atoms with E-state index in [1.165, 1.54) is 6.07 Å². The number of carboxylic acids is 1. The predicted octanol–water partition coefficient (Wildman–Crippen LogP) is 2.54. The summed E-state index contributed by atoms with van der Waals surface area (Å²) in [7, 11) is 0. The highest BCUT2D eigenvalue weighted by Gasteiger charge is 2.08. The molecule has 0 bridgehead atoms. The number of benzene rings is 1. The summed E-state index contributed by atoms with van der Waals surface area (Å²) in [6.07, 6.45) is 0. The van der Waals surface area contributed by atoms with Crippen molar-refractivity contribution in [3.05, 3.63) is 34.3 Å². The summed E-state index contributed by atoms with van der Waals surface area (Å²) in [5.41, 5.74) is 1.13. The maximum Gasteiger partial charge on any atom is 0.337 e. The molecule has 0 aliphatic carbocycles. The molecule has 0 aromatic heterocycles. The number of nitrogens with one attached hydrogen (secondary N) is 1. The minimum atomic E-state index is -0.997. The van der Waals surface area contributed by atoms with E-state index < -0.39 is 5.97 Å². The molecule has 0 radical (unpaired) electrons. The predicted molar refractivity (Wildman–Crippen MR) is 60.4 cm³/mol. The van der Waals surface area contributed by atoms with Gasteiger partial charge in [0.15, 0.2) is 0 Å². The van der Waals surface area contributed by atoms with Gasteiger partial charge in [-0.05, 0) is 17.7 Å². The summed E-state index contributed by atoms with van der Waals surface area (Å²) >= 11 is 5.83. The molecule has 0 aliphatic rings. The van der Waals surface area contributed by atoms with Crippen LogP contribution in [0.2, 0.25) is 5.02 Å². The highest BCUT2D eigenvalue weighted by molar-refractivity contribution is 6.33. The molecule has 0 spiro atoms. The van der Waals surface area contributed by atoms with E-state index >= 15 is 0 Å². The highest BCUT2D eigenvalue weighted by atomic mass is 35.5. The third kappa shape index (κ3) is 3.53. The zero-order valence-corrected chi connectivity index (χ0v) is 9.51. The van der Waals surface area contributed by atoms with Crippen LogP contribution < -0.4 is 5.32 Å². The molecular formula is C11H14ClNO2. The van der Waals surface area contributed by atoms with Crippen LogP contribution >= 0.6 is 11.6 Å². The highest BCUT2D eigenvalue weighted by Crippen LogP contribution is 2.17. The second-order valence-electron chi connectivity index (χ2n) is 3.65. The maximum atomic E-state index is 10.7. The van der Waals surface area contributed by atoms with Crippen molar-refractivity contribution in [2.45, 2.75) is 26.4 Å². The second kappa shape index (κ2) is 5.14. The number of rotatable bonds is 4. The quantitative estimate of drug-likeness (QED) is 0.831. The standard InChI is InChI=1S/C11H14ClNO2/c1-7(2)13-6-8-3-4-9(11(14)15)10(12)5-8/h3-5,7,13H,6H2,1-2H3,(H,14,15). The Hall–Kier alpha value is -1.06. The summed E-state index contributed by atoms with van der Waals surface area (Å²) in [5, 5.41) is 12.3. The molecule has 0 fully saturated rings. The molecule has 1 aromatic rings. The minimum Gasteiger partial charge on any atom is -0.478 e. The van der Waals surface area contributed by atoms with Crippen molar-refractivity contribution in [1.29, 1.82) is 0 Å². The van der Waals surface area contributed by atoms with Gasteiger partial charge in [0.25, 0.3) is 0 Å². The molecule has 82 valence electrons. The van der Waals surface area contributed by atoms with Crippen LogP contribution in [0.3, 0.4) is 0 Å². The molecule has 0 aliphatic heterocycles. The van der Waals surface area contributed by atoms with Crippen molar-refractivity contribution in [2.24, 2.45) is 0 Å². The molecule has 0 heterocycles. The number of halogens is 1. The van der Waals surface area contributed by atoms with Gasteiger partial charge < -0.3 is 10.4 Å². The summed E-state index contributed by atoms with van der Waals surface area (Å²) in [6, 6.07) is 5.37. The fourth-order valence-electron chi connectivity index (χ4n) is 1.16. The SMILES string of the molecule is CC(C)NCc1ccc(C(=O)O)c(Cl)c1. The zero-order chi connectivity index (χ0) is 11.4. The average molecular weight is 228 g/mol. The summed E-state index contributed by atoms with van der Waals surface area (Å²) in [5.74, 6) is -0.997. The third-order valence-electron chi connectivity index (χ3n) is 1.98. The summed E-state index contributed by atoms with van der Waals surface area (Å²) < 4.78 is 0. The molecule has 2 N–H and O–H groups in total. The van der Waals surface area contributed by atoms with Gasteiger partial charge in [-0.15, -0.1) is 0 Å². The third-order valence-corrected chi connectivity index (χ3v) is 2.29. The average Bonchev–Trinajstić information content (AvgIpc) is 2.14. The van der Waals surface area contributed by atoms with Crippen molar-refractivity contribution in [1.82, 2.24) is 5.32 Å². The largest absolute Gasteiger partial charge is 0.478 e. The van der Waals surface area contributed by atoms with Gasteiger partial charge in [-0.2, -0.15) is 0 Å². The van der Waals surface area contributed by atoms with Gasteiger partial charge in [-0.1, -0.05) is 31.5 Å². The smallest absolute Gasteiger partial charge is 0.337 e. The minimum absolute atomic E-state index is 0.143. The van der Waals surface area contributed by atoms with E-state index in [0.717, 1.165) is 5.56 Å². The van der Waals surface area contributed by atoms with E-state index in [0.29, 0.717) is 12.6 Å². The molecule has 0 saturated heterocycles. The fourth-order valence-corrected chi connectivity index (χ4v) is 1.45. The monoisotopic (exact) mass is 227 g/mol. The van der Waals surface area contributed by atoms with Crippen LogP contribution in [0.15, 0.2) is 18.2 Å². The van der Waals surface area contributed by atoms with Crippen molar-refractivity contribution < 1.29 is 9.90 Å². The number of carbonyl (C=O) groups is 1. The maximum absolute atomic E-state index is 10.7. The molecule has 0 atom stereocenters. The molecule has 0 saturated carbocycles. The van der Waals surface area contributed by atoms with Gasteiger partial charge in [0.2, 0.25) is 0 Å². The first-order chi connectivity index (χ1) is 7.00. The van der Waals surface area contributed by atoms with E-state index in [4.69, 9.17) is 16.7 Å². The van der Waals surface area contributed by atoms with Gasteiger partial charge in [0, 0.05) is 12.6 Å². The van der Waals surface area contributed by atoms with Crippen LogP contribution in [0.1, 0.15) is 29.8 Å². The molecule has 4 heteroatoms. The number of hydrogen-bond donors (Lipinski definition) is 2. The first-order valence-corrected chi connectivity index (χ1v) is 5.13. The molecule has 1 aromatic carbocycles. The van der Waals surface area contributed by atoms with Crippen molar-refractivity contribution in [3.8, 4) is 0 Å². The first kappa shape index (κ1) is 12.0. The summed E-state index contributed by atoms with van der Waals surface area (Å²) in [4.78, 5) is 10.7. The van der Waals surface area contributed by atoms with E-state index in [1.54, 1.807) is 12.1 Å². The first-order valence-electron chi connectivity index (χ1n) is 4.76. The second-order valence-corrected chi connectivity index (χ2v) is 4.06. The van der Waals surface area contributed by atoms with Crippen LogP contribution in [0.4, 0.5) is 0 Å². The van der Waals surface area contributed by atoms with Gasteiger partial charge in [-0.3, -0.25) is 0 Å². The topological polar surface area (TPSA) is 49.3 Å². The Morgan fingerprint density at radius 3 is 2.67 bits per heavy atom. The number of hydrogen-bond acceptors (Lipinski definition) is 2. The van der Waals surface area contributed by atoms with Crippen molar-refractivity contribution in [3.63, 3.8) is 0 Å². The van der Waals surface area contributed by atoms with E-state index in [9.17, 15) is 4.79 Å². The Bertz CT molecular complexity index is 364. The molecular weight excluding hydrogens is 214 g/mol. The molecule has 15 heavy (non-hydrogen) atoms. The fraction of sp³-hybridized carbons (Fsp3) is 0.364. The Morgan fingerprint density at radius 1 is 1.53 bits per heavy atom. The lowest BCUT2D eigenvalue weighted by Crippen LogP contribution is -2.21. The molecule has 1 rings (SSSR count). The lowest BCUT2D eigenvalue weighted by Gasteiger charge is -2.08. The Morgan fingerprint density at radius 2 is 2.20 bits per heavy atom. The molecule has 0 unspecified atom stereocenters. The number of carboxylic acid groups (broad SMARTS) is 1. The lowest BCUT2D eigenvalue weighted by atomic mass is 10.1. The van der Waals surface area contributed by atoms with Crippen LogP contribution in [-0.4, -0.2) is 17.1 Å². The van der Waals surface area contributed by atoms with Crippen molar-refractivity contribution >= 4 is 17.6 Å². The van der Waals surface area contributed by atoms with E-state index in [1.807, 2.05) is 13.8 Å². The van der Waals surface area contributed by atoms with Crippen LogP contribution in [0.5, 0.6) is 0 Å². The Labute approximate surface area is 94.1 Å². The molecule has 3 nitrogen and oxygen atoms in total. The van der Waals surface area contributed by atoms with Crippen molar-refractivity contribution in [2.75, 3.05) is 0 Å². The van der Waals surface area contributed by atoms with Gasteiger partial charge in [0.05, 0.1) is 10.6 Å². The van der Waals surface area contributed by atoms with Crippen LogP contribution in [0.25, 0.3) is 0 Å². The van der Waals surface area contributed by atoms with Crippen LogP contribution in [-0.2, 0) is 6.54 Å². The van der Waals surface area contributed by atoms with Gasteiger partial charge in [0.1, 0.15) is 0 Å². The Balaban J connectivity index is 2.78. The molecule has 0 amide bonds.